The maximum absolute atomic E-state index is 12.7. The van der Waals surface area contributed by atoms with E-state index in [1.54, 1.807) is 11.8 Å². The summed E-state index contributed by atoms with van der Waals surface area (Å²) in [4.78, 5) is 13.8. The second-order valence-electron chi connectivity index (χ2n) is 5.55. The Balaban J connectivity index is 1.85. The highest BCUT2D eigenvalue weighted by molar-refractivity contribution is 7.98. The van der Waals surface area contributed by atoms with Gasteiger partial charge < -0.3 is 10.1 Å². The molecule has 3 rings (SSSR count). The first-order valence-corrected chi connectivity index (χ1v) is 9.18. The zero-order valence-electron chi connectivity index (χ0n) is 14.2. The molecule has 0 saturated carbocycles. The zero-order valence-corrected chi connectivity index (χ0v) is 15.0. The molecule has 0 spiro atoms. The molecule has 0 radical (unpaired) electrons. The molecule has 25 heavy (non-hydrogen) atoms. The van der Waals surface area contributed by atoms with E-state index in [-0.39, 0.29) is 5.91 Å². The fourth-order valence-corrected chi connectivity index (χ4v) is 2.88. The first kappa shape index (κ1) is 17.1. The molecule has 126 valence electrons. The van der Waals surface area contributed by atoms with Crippen LogP contribution in [-0.2, 0) is 0 Å². The van der Waals surface area contributed by atoms with E-state index in [0.717, 1.165) is 16.2 Å². The Kier molecular flexibility index (Phi) is 5.41. The molecule has 0 aromatic heterocycles. The van der Waals surface area contributed by atoms with Crippen molar-refractivity contribution in [2.24, 2.45) is 0 Å². The number of para-hydroxylation sites is 3. The molecule has 3 aromatic rings. The number of benzene rings is 3. The normalized spacial score (nSPS) is 10.3. The summed E-state index contributed by atoms with van der Waals surface area (Å²) in [5.41, 5.74) is 2.25. The third kappa shape index (κ3) is 4.22. The lowest BCUT2D eigenvalue weighted by atomic mass is 10.1. The number of anilines is 1. The van der Waals surface area contributed by atoms with Gasteiger partial charge in [0.2, 0.25) is 0 Å². The van der Waals surface area contributed by atoms with Crippen LogP contribution in [0.25, 0.3) is 0 Å². The summed E-state index contributed by atoms with van der Waals surface area (Å²) in [6.07, 6.45) is 2.00. The third-order valence-corrected chi connectivity index (χ3v) is 4.52. The average molecular weight is 349 g/mol. The highest BCUT2D eigenvalue weighted by Crippen LogP contribution is 2.30. The number of hydrogen-bond acceptors (Lipinski definition) is 3. The van der Waals surface area contributed by atoms with Crippen LogP contribution in [-0.4, -0.2) is 12.2 Å². The zero-order chi connectivity index (χ0) is 17.6. The molecule has 0 bridgehead atoms. The Bertz CT molecular complexity index is 878. The van der Waals surface area contributed by atoms with Crippen molar-refractivity contribution in [1.82, 2.24) is 0 Å². The topological polar surface area (TPSA) is 38.3 Å². The number of nitrogens with one attached hydrogen (secondary N) is 1. The van der Waals surface area contributed by atoms with Gasteiger partial charge in [0, 0.05) is 10.5 Å². The highest BCUT2D eigenvalue weighted by Gasteiger charge is 2.13. The Morgan fingerprint density at radius 1 is 0.960 bits per heavy atom. The van der Waals surface area contributed by atoms with Crippen LogP contribution in [0.1, 0.15) is 15.9 Å². The van der Waals surface area contributed by atoms with E-state index >= 15 is 0 Å². The molecule has 3 aromatic carbocycles. The van der Waals surface area contributed by atoms with Crippen molar-refractivity contribution in [2.75, 3.05) is 11.6 Å². The summed E-state index contributed by atoms with van der Waals surface area (Å²) >= 11 is 1.62. The number of hydrogen-bond donors (Lipinski definition) is 1. The van der Waals surface area contributed by atoms with Gasteiger partial charge in [-0.15, -0.1) is 11.8 Å². The Labute approximate surface area is 152 Å². The molecular weight excluding hydrogens is 330 g/mol. The Morgan fingerprint density at radius 2 is 1.68 bits per heavy atom. The first-order chi connectivity index (χ1) is 12.2. The van der Waals surface area contributed by atoms with Crippen molar-refractivity contribution in [3.8, 4) is 11.5 Å². The lowest BCUT2D eigenvalue weighted by Gasteiger charge is -2.13. The van der Waals surface area contributed by atoms with Crippen LogP contribution in [0.4, 0.5) is 5.69 Å². The second-order valence-corrected chi connectivity index (χ2v) is 6.43. The number of ether oxygens (including phenoxy) is 1. The predicted molar refractivity (Wildman–Crippen MR) is 104 cm³/mol. The molecule has 0 fully saturated rings. The number of aryl methyl sites for hydroxylation is 1. The standard InChI is InChI=1S/C21H19NO2S/c1-15-12-13-17(25-2)14-18(15)21(23)22-19-10-6-7-11-20(19)24-16-8-4-3-5-9-16/h3-14H,1-2H3,(H,22,23). The summed E-state index contributed by atoms with van der Waals surface area (Å²) < 4.78 is 5.90. The van der Waals surface area contributed by atoms with E-state index in [1.807, 2.05) is 86.0 Å². The molecule has 0 aliphatic rings. The molecule has 0 aliphatic heterocycles. The summed E-state index contributed by atoms with van der Waals surface area (Å²) in [5, 5.41) is 2.97. The van der Waals surface area contributed by atoms with Gasteiger partial charge in [-0.05, 0) is 55.1 Å². The van der Waals surface area contributed by atoms with Crippen molar-refractivity contribution in [3.63, 3.8) is 0 Å². The van der Waals surface area contributed by atoms with Gasteiger partial charge in [-0.3, -0.25) is 4.79 Å². The maximum Gasteiger partial charge on any atom is 0.256 e. The minimum Gasteiger partial charge on any atom is -0.455 e. The van der Waals surface area contributed by atoms with Gasteiger partial charge in [0.1, 0.15) is 5.75 Å². The monoisotopic (exact) mass is 349 g/mol. The minimum absolute atomic E-state index is 0.141. The van der Waals surface area contributed by atoms with Gasteiger partial charge >= 0.3 is 0 Å². The SMILES string of the molecule is CSc1ccc(C)c(C(=O)Nc2ccccc2Oc2ccccc2)c1. The van der Waals surface area contributed by atoms with Crippen molar-refractivity contribution >= 4 is 23.4 Å². The quantitative estimate of drug-likeness (QED) is 0.595. The number of rotatable bonds is 5. The van der Waals surface area contributed by atoms with Crippen molar-refractivity contribution in [1.29, 1.82) is 0 Å². The van der Waals surface area contributed by atoms with E-state index in [1.165, 1.54) is 0 Å². The number of carbonyl (C=O) groups excluding carboxylic acids is 1. The third-order valence-electron chi connectivity index (χ3n) is 3.80. The number of carbonyl (C=O) groups is 1. The van der Waals surface area contributed by atoms with E-state index in [4.69, 9.17) is 4.74 Å². The molecule has 3 nitrogen and oxygen atoms in total. The molecule has 0 atom stereocenters. The van der Waals surface area contributed by atoms with E-state index < -0.39 is 0 Å². The van der Waals surface area contributed by atoms with Crippen molar-refractivity contribution in [3.05, 3.63) is 83.9 Å². The van der Waals surface area contributed by atoms with Crippen LogP contribution in [0.2, 0.25) is 0 Å². The van der Waals surface area contributed by atoms with Gasteiger partial charge in [-0.25, -0.2) is 0 Å². The van der Waals surface area contributed by atoms with Gasteiger partial charge in [-0.2, -0.15) is 0 Å². The molecule has 0 aliphatic carbocycles. The molecule has 1 N–H and O–H groups in total. The molecule has 0 heterocycles. The number of amides is 1. The summed E-state index contributed by atoms with van der Waals surface area (Å²) in [6, 6.07) is 22.8. The van der Waals surface area contributed by atoms with Crippen LogP contribution in [0.3, 0.4) is 0 Å². The Morgan fingerprint density at radius 3 is 2.44 bits per heavy atom. The average Bonchev–Trinajstić information content (AvgIpc) is 2.64. The van der Waals surface area contributed by atoms with Crippen molar-refractivity contribution < 1.29 is 9.53 Å². The van der Waals surface area contributed by atoms with Crippen LogP contribution in [0.15, 0.2) is 77.7 Å². The summed E-state index contributed by atoms with van der Waals surface area (Å²) in [6.45, 7) is 1.94. The van der Waals surface area contributed by atoms with E-state index in [0.29, 0.717) is 17.0 Å². The smallest absolute Gasteiger partial charge is 0.256 e. The van der Waals surface area contributed by atoms with Crippen LogP contribution in [0.5, 0.6) is 11.5 Å². The molecule has 4 heteroatoms. The molecule has 1 amide bonds. The molecular formula is C21H19NO2S. The lowest BCUT2D eigenvalue weighted by molar-refractivity contribution is 0.102. The molecule has 0 unspecified atom stereocenters. The highest BCUT2D eigenvalue weighted by atomic mass is 32.2. The summed E-state index contributed by atoms with van der Waals surface area (Å²) in [5.74, 6) is 1.20. The maximum atomic E-state index is 12.7. The van der Waals surface area contributed by atoms with E-state index in [2.05, 4.69) is 5.32 Å². The van der Waals surface area contributed by atoms with Gasteiger partial charge in [0.05, 0.1) is 5.69 Å². The molecule has 0 saturated heterocycles. The predicted octanol–water partition coefficient (Wildman–Crippen LogP) is 5.76. The van der Waals surface area contributed by atoms with Gasteiger partial charge in [0.15, 0.2) is 5.75 Å². The van der Waals surface area contributed by atoms with E-state index in [9.17, 15) is 4.79 Å². The number of thioether (sulfide) groups is 1. The summed E-state index contributed by atoms with van der Waals surface area (Å²) in [7, 11) is 0. The minimum atomic E-state index is -0.141. The van der Waals surface area contributed by atoms with Gasteiger partial charge in [-0.1, -0.05) is 36.4 Å². The van der Waals surface area contributed by atoms with Crippen LogP contribution in [0, 0.1) is 6.92 Å². The fourth-order valence-electron chi connectivity index (χ4n) is 2.44. The van der Waals surface area contributed by atoms with Crippen molar-refractivity contribution in [2.45, 2.75) is 11.8 Å². The van der Waals surface area contributed by atoms with Crippen LogP contribution >= 0.6 is 11.8 Å². The van der Waals surface area contributed by atoms with Crippen LogP contribution < -0.4 is 10.1 Å². The Hall–Kier alpha value is -2.72. The first-order valence-electron chi connectivity index (χ1n) is 7.95. The lowest BCUT2D eigenvalue weighted by Crippen LogP contribution is -2.14. The largest absolute Gasteiger partial charge is 0.455 e. The second kappa shape index (κ2) is 7.90. The van der Waals surface area contributed by atoms with Gasteiger partial charge in [0.25, 0.3) is 5.91 Å². The fraction of sp³-hybridized carbons (Fsp3) is 0.0952.